The van der Waals surface area contributed by atoms with Gasteiger partial charge < -0.3 is 5.32 Å². The van der Waals surface area contributed by atoms with Gasteiger partial charge >= 0.3 is 5.69 Å². The topological polar surface area (TPSA) is 85.9 Å². The van der Waals surface area contributed by atoms with Crippen LogP contribution in [0.4, 0.5) is 17.1 Å². The summed E-state index contributed by atoms with van der Waals surface area (Å²) in [6, 6.07) is 7.30. The molecule has 0 aliphatic rings. The van der Waals surface area contributed by atoms with E-state index in [4.69, 9.17) is 0 Å². The smallest absolute Gasteiger partial charge is 0.311 e. The second-order valence-electron chi connectivity index (χ2n) is 4.50. The van der Waals surface area contributed by atoms with Crippen LogP contribution in [0.2, 0.25) is 0 Å². The molecule has 1 aromatic carbocycles. The molecular weight excluding hydrogens is 270 g/mol. The van der Waals surface area contributed by atoms with Crippen molar-refractivity contribution < 1.29 is 4.92 Å². The number of benzene rings is 1. The van der Waals surface area contributed by atoms with Crippen molar-refractivity contribution in [3.8, 4) is 0 Å². The van der Waals surface area contributed by atoms with E-state index in [1.807, 2.05) is 31.2 Å². The van der Waals surface area contributed by atoms with Crippen molar-refractivity contribution in [1.82, 2.24) is 14.8 Å². The van der Waals surface area contributed by atoms with E-state index in [0.717, 1.165) is 6.54 Å². The number of aryl methyl sites for hydroxylation is 1. The monoisotopic (exact) mass is 283 g/mol. The normalized spacial score (nSPS) is 10.7. The summed E-state index contributed by atoms with van der Waals surface area (Å²) in [5.74, 6) is 0. The summed E-state index contributed by atoms with van der Waals surface area (Å²) in [5.41, 5.74) is 1.78. The van der Waals surface area contributed by atoms with Gasteiger partial charge in [0, 0.05) is 18.1 Å². The summed E-state index contributed by atoms with van der Waals surface area (Å²) < 4.78 is 1.75. The van der Waals surface area contributed by atoms with E-state index in [9.17, 15) is 10.1 Å². The molecule has 0 aliphatic carbocycles. The molecule has 106 valence electrons. The Morgan fingerprint density at radius 3 is 2.86 bits per heavy atom. The van der Waals surface area contributed by atoms with Gasteiger partial charge in [0.15, 0.2) is 0 Å². The van der Waals surface area contributed by atoms with Gasteiger partial charge in [0.25, 0.3) is 0 Å². The number of nitrogens with one attached hydrogen (secondary N) is 1. The number of hydrogen-bond acceptors (Lipinski definition) is 5. The van der Waals surface area contributed by atoms with Crippen LogP contribution in [0.1, 0.15) is 6.92 Å². The molecule has 1 N–H and O–H groups in total. The molecule has 0 unspecified atom stereocenters. The number of fused-ring (bicyclic) bond motifs is 1. The fourth-order valence-electron chi connectivity index (χ4n) is 2.15. The third kappa shape index (κ3) is 2.40. The van der Waals surface area contributed by atoms with Crippen molar-refractivity contribution in [2.45, 2.75) is 13.5 Å². The molecule has 0 amide bonds. The van der Waals surface area contributed by atoms with E-state index in [1.54, 1.807) is 17.1 Å². The lowest BCUT2D eigenvalue weighted by Gasteiger charge is -2.08. The van der Waals surface area contributed by atoms with Crippen LogP contribution in [-0.4, -0.2) is 19.7 Å². The number of anilines is 2. The van der Waals surface area contributed by atoms with Crippen LogP contribution in [-0.2, 0) is 6.54 Å². The third-order valence-corrected chi connectivity index (χ3v) is 3.18. The highest BCUT2D eigenvalue weighted by Gasteiger charge is 2.18. The van der Waals surface area contributed by atoms with Gasteiger partial charge in [0.05, 0.1) is 22.3 Å². The maximum absolute atomic E-state index is 11.2. The van der Waals surface area contributed by atoms with Crippen LogP contribution in [0.5, 0.6) is 0 Å². The van der Waals surface area contributed by atoms with E-state index < -0.39 is 4.92 Å². The number of nitrogens with zero attached hydrogens (tertiary/aromatic N) is 4. The van der Waals surface area contributed by atoms with Crippen LogP contribution >= 0.6 is 0 Å². The van der Waals surface area contributed by atoms with Crippen LogP contribution in [0.15, 0.2) is 42.9 Å². The highest BCUT2D eigenvalue weighted by atomic mass is 16.6. The minimum atomic E-state index is -0.438. The molecule has 2 aromatic heterocycles. The van der Waals surface area contributed by atoms with Crippen LogP contribution in [0.25, 0.3) is 10.9 Å². The van der Waals surface area contributed by atoms with Gasteiger partial charge in [0.2, 0.25) is 0 Å². The first-order valence-electron chi connectivity index (χ1n) is 6.50. The second kappa shape index (κ2) is 5.20. The molecule has 3 aromatic rings. The summed E-state index contributed by atoms with van der Waals surface area (Å²) in [6.07, 6.45) is 4.72. The zero-order valence-electron chi connectivity index (χ0n) is 11.4. The minimum absolute atomic E-state index is 0.0575. The Morgan fingerprint density at radius 1 is 1.33 bits per heavy atom. The Balaban J connectivity index is 2.13. The summed E-state index contributed by atoms with van der Waals surface area (Å²) in [7, 11) is 0. The zero-order valence-corrected chi connectivity index (χ0v) is 11.4. The number of para-hydroxylation sites is 1. The van der Waals surface area contributed by atoms with Crippen LogP contribution in [0, 0.1) is 10.1 Å². The standard InChI is InChI=1S/C14H13N5O2/c1-2-18-9-10(7-16-18)17-14-11-5-3-4-6-12(11)15-8-13(14)19(20)21/h3-9H,2H2,1H3,(H,15,17). The van der Waals surface area contributed by atoms with E-state index in [-0.39, 0.29) is 5.69 Å². The number of aromatic nitrogens is 3. The molecule has 0 saturated heterocycles. The predicted molar refractivity (Wildman–Crippen MR) is 79.6 cm³/mol. The number of nitro groups is 1. The fraction of sp³-hybridized carbons (Fsp3) is 0.143. The van der Waals surface area contributed by atoms with Gasteiger partial charge in [-0.2, -0.15) is 5.10 Å². The quantitative estimate of drug-likeness (QED) is 0.587. The van der Waals surface area contributed by atoms with Gasteiger partial charge in [-0.15, -0.1) is 0 Å². The van der Waals surface area contributed by atoms with Gasteiger partial charge in [-0.1, -0.05) is 18.2 Å². The first-order chi connectivity index (χ1) is 10.2. The minimum Gasteiger partial charge on any atom is -0.347 e. The number of rotatable bonds is 4. The van der Waals surface area contributed by atoms with Crippen molar-refractivity contribution in [3.63, 3.8) is 0 Å². The van der Waals surface area contributed by atoms with E-state index >= 15 is 0 Å². The van der Waals surface area contributed by atoms with Gasteiger partial charge in [-0.25, -0.2) is 4.98 Å². The second-order valence-corrected chi connectivity index (χ2v) is 4.50. The van der Waals surface area contributed by atoms with Crippen molar-refractivity contribution in [2.75, 3.05) is 5.32 Å². The Bertz CT molecular complexity index is 812. The molecule has 7 heteroatoms. The van der Waals surface area contributed by atoms with Crippen molar-refractivity contribution in [2.24, 2.45) is 0 Å². The zero-order chi connectivity index (χ0) is 14.8. The highest BCUT2D eigenvalue weighted by molar-refractivity contribution is 5.97. The SMILES string of the molecule is CCn1cc(Nc2c([N+](=O)[O-])cnc3ccccc23)cn1. The largest absolute Gasteiger partial charge is 0.347 e. The maximum atomic E-state index is 11.2. The predicted octanol–water partition coefficient (Wildman–Crippen LogP) is 3.10. The Hall–Kier alpha value is -2.96. The molecular formula is C14H13N5O2. The summed E-state index contributed by atoms with van der Waals surface area (Å²) >= 11 is 0. The van der Waals surface area contributed by atoms with Crippen LogP contribution in [0.3, 0.4) is 0 Å². The molecule has 21 heavy (non-hydrogen) atoms. The average Bonchev–Trinajstić information content (AvgIpc) is 2.95. The van der Waals surface area contributed by atoms with Gasteiger partial charge in [0.1, 0.15) is 11.9 Å². The molecule has 0 fully saturated rings. The molecule has 7 nitrogen and oxygen atoms in total. The van der Waals surface area contributed by atoms with Crippen molar-refractivity contribution >= 4 is 28.0 Å². The molecule has 0 atom stereocenters. The first kappa shape index (κ1) is 13.0. The first-order valence-corrected chi connectivity index (χ1v) is 6.50. The Morgan fingerprint density at radius 2 is 2.14 bits per heavy atom. The molecule has 0 spiro atoms. The summed E-state index contributed by atoms with van der Waals surface area (Å²) in [5, 5.41) is 19.2. The molecule has 0 aliphatic heterocycles. The van der Waals surface area contributed by atoms with Crippen LogP contribution < -0.4 is 5.32 Å². The Kier molecular flexibility index (Phi) is 3.23. The number of pyridine rings is 1. The van der Waals surface area contributed by atoms with Crippen molar-refractivity contribution in [1.29, 1.82) is 0 Å². The van der Waals surface area contributed by atoms with E-state index in [1.165, 1.54) is 6.20 Å². The molecule has 3 rings (SSSR count). The lowest BCUT2D eigenvalue weighted by atomic mass is 10.1. The molecule has 2 heterocycles. The van der Waals surface area contributed by atoms with Crippen molar-refractivity contribution in [3.05, 3.63) is 53.0 Å². The average molecular weight is 283 g/mol. The molecule has 0 radical (unpaired) electrons. The molecule has 0 saturated carbocycles. The van der Waals surface area contributed by atoms with E-state index in [2.05, 4.69) is 15.4 Å². The Labute approximate surface area is 120 Å². The summed E-state index contributed by atoms with van der Waals surface area (Å²) in [4.78, 5) is 14.9. The summed E-state index contributed by atoms with van der Waals surface area (Å²) in [6.45, 7) is 2.71. The third-order valence-electron chi connectivity index (χ3n) is 3.18. The van der Waals surface area contributed by atoms with Gasteiger partial charge in [-0.05, 0) is 13.0 Å². The lowest BCUT2D eigenvalue weighted by Crippen LogP contribution is -1.99. The lowest BCUT2D eigenvalue weighted by molar-refractivity contribution is -0.384. The van der Waals surface area contributed by atoms with Gasteiger partial charge in [-0.3, -0.25) is 14.8 Å². The highest BCUT2D eigenvalue weighted by Crippen LogP contribution is 2.33. The maximum Gasteiger partial charge on any atom is 0.311 e. The van der Waals surface area contributed by atoms with E-state index in [0.29, 0.717) is 22.3 Å². The fourth-order valence-corrected chi connectivity index (χ4v) is 2.15. The molecule has 0 bridgehead atoms. The number of hydrogen-bond donors (Lipinski definition) is 1.